The largest absolute Gasteiger partial charge is 0.372 e. The standard InChI is InChI=1S/C9H14O2/c1-9(2,3)8(10)6-5-7-11-4/h7H2,1-4H3. The van der Waals surface area contributed by atoms with Gasteiger partial charge in [0.2, 0.25) is 5.78 Å². The Morgan fingerprint density at radius 1 is 1.45 bits per heavy atom. The molecule has 0 amide bonds. The average molecular weight is 154 g/mol. The number of methoxy groups -OCH3 is 1. The molecule has 0 rings (SSSR count). The Labute approximate surface area is 67.9 Å². The number of rotatable bonds is 1. The third-order valence-electron chi connectivity index (χ3n) is 1.10. The third kappa shape index (κ3) is 4.58. The van der Waals surface area contributed by atoms with Gasteiger partial charge in [0, 0.05) is 12.5 Å². The molecule has 2 heteroatoms. The highest BCUT2D eigenvalue weighted by molar-refractivity contribution is 5.99. The number of ketones is 1. The first-order chi connectivity index (χ1) is 4.98. The molecule has 0 aliphatic rings. The van der Waals surface area contributed by atoms with Gasteiger partial charge in [-0.2, -0.15) is 0 Å². The Morgan fingerprint density at radius 3 is 2.36 bits per heavy atom. The van der Waals surface area contributed by atoms with Crippen molar-refractivity contribution in [1.82, 2.24) is 0 Å². The SMILES string of the molecule is COCC#CC(=O)C(C)(C)C. The summed E-state index contributed by atoms with van der Waals surface area (Å²) in [5.74, 6) is 5.08. The zero-order valence-corrected chi connectivity index (χ0v) is 7.52. The summed E-state index contributed by atoms with van der Waals surface area (Å²) in [6.45, 7) is 5.85. The lowest BCUT2D eigenvalue weighted by molar-refractivity contribution is -0.120. The van der Waals surface area contributed by atoms with Crippen LogP contribution in [0.15, 0.2) is 0 Å². The number of carbonyl (C=O) groups is 1. The Balaban J connectivity index is 4.01. The first-order valence-corrected chi connectivity index (χ1v) is 3.50. The average Bonchev–Trinajstić information content (AvgIpc) is 1.86. The van der Waals surface area contributed by atoms with Crippen LogP contribution >= 0.6 is 0 Å². The fourth-order valence-electron chi connectivity index (χ4n) is 0.376. The predicted molar refractivity (Wildman–Crippen MR) is 44.1 cm³/mol. The van der Waals surface area contributed by atoms with Gasteiger partial charge in [0.05, 0.1) is 0 Å². The highest BCUT2D eigenvalue weighted by atomic mass is 16.5. The number of carbonyl (C=O) groups excluding carboxylic acids is 1. The van der Waals surface area contributed by atoms with Crippen LogP contribution in [0.3, 0.4) is 0 Å². The molecule has 0 bridgehead atoms. The van der Waals surface area contributed by atoms with Gasteiger partial charge in [0.1, 0.15) is 6.61 Å². The summed E-state index contributed by atoms with van der Waals surface area (Å²) in [5, 5.41) is 0. The molecule has 0 heterocycles. The molecule has 0 fully saturated rings. The minimum absolute atomic E-state index is 0.0467. The lowest BCUT2D eigenvalue weighted by Gasteiger charge is -2.10. The van der Waals surface area contributed by atoms with Gasteiger partial charge in [-0.15, -0.1) is 0 Å². The molecular formula is C9H14O2. The van der Waals surface area contributed by atoms with Crippen molar-refractivity contribution in [3.8, 4) is 11.8 Å². The summed E-state index contributed by atoms with van der Waals surface area (Å²) in [6, 6.07) is 0. The zero-order valence-electron chi connectivity index (χ0n) is 7.52. The van der Waals surface area contributed by atoms with Gasteiger partial charge >= 0.3 is 0 Å². The minimum Gasteiger partial charge on any atom is -0.372 e. The summed E-state index contributed by atoms with van der Waals surface area (Å²) in [7, 11) is 1.55. The Bertz CT molecular complexity index is 188. The molecule has 62 valence electrons. The minimum atomic E-state index is -0.360. The van der Waals surface area contributed by atoms with Crippen molar-refractivity contribution >= 4 is 5.78 Å². The van der Waals surface area contributed by atoms with Crippen molar-refractivity contribution in [3.05, 3.63) is 0 Å². The van der Waals surface area contributed by atoms with E-state index in [9.17, 15) is 4.79 Å². The van der Waals surface area contributed by atoms with Crippen molar-refractivity contribution < 1.29 is 9.53 Å². The number of Topliss-reactive ketones (excluding diaryl/α,β-unsaturated/α-hetero) is 1. The van der Waals surface area contributed by atoms with Gasteiger partial charge < -0.3 is 4.74 Å². The van der Waals surface area contributed by atoms with Crippen LogP contribution in [-0.2, 0) is 9.53 Å². The maximum atomic E-state index is 11.1. The van der Waals surface area contributed by atoms with E-state index in [-0.39, 0.29) is 11.2 Å². The molecule has 0 unspecified atom stereocenters. The van der Waals surface area contributed by atoms with Crippen LogP contribution in [0.1, 0.15) is 20.8 Å². The molecule has 2 nitrogen and oxygen atoms in total. The second-order valence-electron chi connectivity index (χ2n) is 3.31. The molecule has 0 aromatic carbocycles. The van der Waals surface area contributed by atoms with Crippen LogP contribution in [0, 0.1) is 17.3 Å². The molecule has 0 aliphatic heterocycles. The summed E-state index contributed by atoms with van der Waals surface area (Å²) < 4.78 is 4.68. The molecule has 0 radical (unpaired) electrons. The van der Waals surface area contributed by atoms with E-state index in [1.807, 2.05) is 20.8 Å². The van der Waals surface area contributed by atoms with E-state index in [1.54, 1.807) is 7.11 Å². The van der Waals surface area contributed by atoms with Crippen molar-refractivity contribution in [2.75, 3.05) is 13.7 Å². The zero-order chi connectivity index (χ0) is 8.91. The maximum absolute atomic E-state index is 11.1. The molecule has 0 aromatic heterocycles. The highest BCUT2D eigenvalue weighted by Gasteiger charge is 2.18. The van der Waals surface area contributed by atoms with Crippen LogP contribution in [0.2, 0.25) is 0 Å². The molecule has 0 aliphatic carbocycles. The van der Waals surface area contributed by atoms with Crippen molar-refractivity contribution in [2.45, 2.75) is 20.8 Å². The first-order valence-electron chi connectivity index (χ1n) is 3.50. The van der Waals surface area contributed by atoms with Crippen LogP contribution in [0.4, 0.5) is 0 Å². The topological polar surface area (TPSA) is 26.3 Å². The number of ether oxygens (including phenoxy) is 1. The van der Waals surface area contributed by atoms with E-state index in [1.165, 1.54) is 0 Å². The van der Waals surface area contributed by atoms with Crippen molar-refractivity contribution in [3.63, 3.8) is 0 Å². The lowest BCUT2D eigenvalue weighted by Crippen LogP contribution is -2.17. The Morgan fingerprint density at radius 2 is 2.00 bits per heavy atom. The molecule has 0 saturated heterocycles. The van der Waals surface area contributed by atoms with Gasteiger partial charge in [0.25, 0.3) is 0 Å². The van der Waals surface area contributed by atoms with Crippen LogP contribution in [0.25, 0.3) is 0 Å². The Kier molecular flexibility index (Phi) is 3.84. The van der Waals surface area contributed by atoms with Gasteiger partial charge in [-0.3, -0.25) is 4.79 Å². The summed E-state index contributed by atoms with van der Waals surface area (Å²) >= 11 is 0. The number of hydrogen-bond donors (Lipinski definition) is 0. The van der Waals surface area contributed by atoms with Crippen LogP contribution < -0.4 is 0 Å². The van der Waals surface area contributed by atoms with Gasteiger partial charge in [-0.25, -0.2) is 0 Å². The summed E-state index contributed by atoms with van der Waals surface area (Å²) in [4.78, 5) is 11.1. The second kappa shape index (κ2) is 4.15. The van der Waals surface area contributed by atoms with E-state index in [0.29, 0.717) is 6.61 Å². The highest BCUT2D eigenvalue weighted by Crippen LogP contribution is 2.12. The molecule has 0 saturated carbocycles. The third-order valence-corrected chi connectivity index (χ3v) is 1.10. The lowest BCUT2D eigenvalue weighted by atomic mass is 9.91. The maximum Gasteiger partial charge on any atom is 0.210 e. The fraction of sp³-hybridized carbons (Fsp3) is 0.667. The molecule has 0 N–H and O–H groups in total. The van der Waals surface area contributed by atoms with Crippen LogP contribution in [0.5, 0.6) is 0 Å². The molecule has 11 heavy (non-hydrogen) atoms. The fourth-order valence-corrected chi connectivity index (χ4v) is 0.376. The molecule has 0 atom stereocenters. The normalized spacial score (nSPS) is 10.2. The quantitative estimate of drug-likeness (QED) is 0.419. The molecular weight excluding hydrogens is 140 g/mol. The summed E-state index contributed by atoms with van der Waals surface area (Å²) in [5.41, 5.74) is -0.360. The predicted octanol–water partition coefficient (Wildman–Crippen LogP) is 1.25. The van der Waals surface area contributed by atoms with Crippen LogP contribution in [-0.4, -0.2) is 19.5 Å². The van der Waals surface area contributed by atoms with Gasteiger partial charge in [-0.1, -0.05) is 26.7 Å². The van der Waals surface area contributed by atoms with E-state index < -0.39 is 0 Å². The van der Waals surface area contributed by atoms with Crippen molar-refractivity contribution in [1.29, 1.82) is 0 Å². The summed E-state index contributed by atoms with van der Waals surface area (Å²) in [6.07, 6.45) is 0. The van der Waals surface area contributed by atoms with E-state index in [0.717, 1.165) is 0 Å². The van der Waals surface area contributed by atoms with Gasteiger partial charge in [-0.05, 0) is 5.92 Å². The smallest absolute Gasteiger partial charge is 0.210 e. The monoisotopic (exact) mass is 154 g/mol. The second-order valence-corrected chi connectivity index (χ2v) is 3.31. The van der Waals surface area contributed by atoms with E-state index in [2.05, 4.69) is 16.6 Å². The molecule has 0 aromatic rings. The first kappa shape index (κ1) is 10.2. The van der Waals surface area contributed by atoms with E-state index in [4.69, 9.17) is 0 Å². The Hall–Kier alpha value is -0.810. The van der Waals surface area contributed by atoms with E-state index >= 15 is 0 Å². The van der Waals surface area contributed by atoms with Crippen molar-refractivity contribution in [2.24, 2.45) is 5.41 Å². The molecule has 0 spiro atoms. The van der Waals surface area contributed by atoms with Gasteiger partial charge in [0.15, 0.2) is 0 Å². The number of hydrogen-bond acceptors (Lipinski definition) is 2.